The number of anilines is 2. The molecule has 0 spiro atoms. The van der Waals surface area contributed by atoms with E-state index in [1.807, 2.05) is 19.2 Å². The molecule has 0 aliphatic heterocycles. The zero-order valence-corrected chi connectivity index (χ0v) is 12.5. The molecule has 3 heteroatoms. The van der Waals surface area contributed by atoms with Gasteiger partial charge < -0.3 is 11.1 Å². The largest absolute Gasteiger partial charge is 0.396 e. The third kappa shape index (κ3) is 1.74. The molecule has 2 aliphatic rings. The predicted octanol–water partition coefficient (Wildman–Crippen LogP) is 3.60. The fourth-order valence-electron chi connectivity index (χ4n) is 4.48. The van der Waals surface area contributed by atoms with E-state index in [9.17, 15) is 0 Å². The Labute approximate surface area is 116 Å². The summed E-state index contributed by atoms with van der Waals surface area (Å²) >= 11 is 0. The molecule has 3 rings (SSSR count). The van der Waals surface area contributed by atoms with Gasteiger partial charge in [-0.15, -0.1) is 0 Å². The van der Waals surface area contributed by atoms with Gasteiger partial charge in [0.05, 0.1) is 5.69 Å². The lowest BCUT2D eigenvalue weighted by atomic mass is 9.68. The Balaban J connectivity index is 1.93. The van der Waals surface area contributed by atoms with Crippen LogP contribution >= 0.6 is 0 Å². The zero-order chi connectivity index (χ0) is 13.8. The average Bonchev–Trinajstić information content (AvgIpc) is 2.81. The highest BCUT2D eigenvalue weighted by Crippen LogP contribution is 2.63. The molecule has 0 aromatic carbocycles. The van der Waals surface area contributed by atoms with Gasteiger partial charge in [-0.1, -0.05) is 20.8 Å². The maximum atomic E-state index is 6.17. The number of nitrogens with two attached hydrogens (primary N) is 1. The molecule has 3 nitrogen and oxygen atoms in total. The highest BCUT2D eigenvalue weighted by molar-refractivity contribution is 5.65. The minimum Gasteiger partial charge on any atom is -0.396 e. The van der Waals surface area contributed by atoms with Crippen molar-refractivity contribution < 1.29 is 0 Å². The molecule has 3 unspecified atom stereocenters. The number of hydrogen-bond donors (Lipinski definition) is 2. The topological polar surface area (TPSA) is 50.9 Å². The fourth-order valence-corrected chi connectivity index (χ4v) is 4.48. The number of rotatable bonds is 2. The van der Waals surface area contributed by atoms with E-state index in [0.717, 1.165) is 23.0 Å². The molecule has 19 heavy (non-hydrogen) atoms. The molecule has 2 fully saturated rings. The molecule has 104 valence electrons. The summed E-state index contributed by atoms with van der Waals surface area (Å²) in [6, 6.07) is 2.43. The van der Waals surface area contributed by atoms with Gasteiger partial charge >= 0.3 is 0 Å². The summed E-state index contributed by atoms with van der Waals surface area (Å²) in [5.74, 6) is 1.70. The summed E-state index contributed by atoms with van der Waals surface area (Å²) in [4.78, 5) is 4.45. The highest BCUT2D eigenvalue weighted by Gasteiger charge is 2.59. The van der Waals surface area contributed by atoms with Gasteiger partial charge in [-0.05, 0) is 54.6 Å². The molecule has 0 saturated heterocycles. The summed E-state index contributed by atoms with van der Waals surface area (Å²) in [6.45, 7) is 9.25. The van der Waals surface area contributed by atoms with Gasteiger partial charge in [0.2, 0.25) is 0 Å². The molecule has 2 bridgehead atoms. The molecule has 1 heterocycles. The third-order valence-electron chi connectivity index (χ3n) is 5.76. The first kappa shape index (κ1) is 12.8. The van der Waals surface area contributed by atoms with Crippen LogP contribution in [0.2, 0.25) is 0 Å². The standard InChI is InChI=1S/C16H25N3/c1-10-6-8-18-13(12(10)17)19-14-15(2,3)11-5-7-16(14,4)9-11/h6,8,11,14H,5,7,9,17H2,1-4H3,(H,18,19). The summed E-state index contributed by atoms with van der Waals surface area (Å²) in [6.07, 6.45) is 5.88. The Morgan fingerprint density at radius 3 is 2.74 bits per heavy atom. The van der Waals surface area contributed by atoms with Crippen molar-refractivity contribution >= 4 is 11.5 Å². The zero-order valence-electron chi connectivity index (χ0n) is 12.5. The molecular weight excluding hydrogens is 234 g/mol. The first-order valence-electron chi connectivity index (χ1n) is 7.32. The number of nitrogen functional groups attached to an aromatic ring is 1. The molecule has 2 saturated carbocycles. The van der Waals surface area contributed by atoms with E-state index in [1.54, 1.807) is 0 Å². The van der Waals surface area contributed by atoms with Crippen LogP contribution in [0.1, 0.15) is 45.6 Å². The Bertz CT molecular complexity index is 504. The van der Waals surface area contributed by atoms with Crippen LogP contribution in [-0.4, -0.2) is 11.0 Å². The molecule has 0 amide bonds. The van der Waals surface area contributed by atoms with Gasteiger partial charge in [0.25, 0.3) is 0 Å². The van der Waals surface area contributed by atoms with Crippen LogP contribution in [0.25, 0.3) is 0 Å². The van der Waals surface area contributed by atoms with Crippen molar-refractivity contribution in [2.24, 2.45) is 16.7 Å². The van der Waals surface area contributed by atoms with E-state index < -0.39 is 0 Å². The molecular formula is C16H25N3. The normalized spacial score (nSPS) is 35.6. The van der Waals surface area contributed by atoms with Crippen LogP contribution in [0.5, 0.6) is 0 Å². The summed E-state index contributed by atoms with van der Waals surface area (Å²) in [5, 5.41) is 3.68. The Morgan fingerprint density at radius 1 is 1.37 bits per heavy atom. The van der Waals surface area contributed by atoms with E-state index in [1.165, 1.54) is 19.3 Å². The van der Waals surface area contributed by atoms with Crippen LogP contribution in [-0.2, 0) is 0 Å². The number of fused-ring (bicyclic) bond motifs is 2. The molecule has 1 aromatic heterocycles. The summed E-state index contributed by atoms with van der Waals surface area (Å²) < 4.78 is 0. The van der Waals surface area contributed by atoms with E-state index >= 15 is 0 Å². The van der Waals surface area contributed by atoms with Crippen molar-refractivity contribution in [3.63, 3.8) is 0 Å². The molecule has 2 aliphatic carbocycles. The number of aromatic nitrogens is 1. The summed E-state index contributed by atoms with van der Waals surface area (Å²) in [5.41, 5.74) is 8.78. The van der Waals surface area contributed by atoms with Crippen molar-refractivity contribution in [2.75, 3.05) is 11.1 Å². The average molecular weight is 259 g/mol. The first-order valence-corrected chi connectivity index (χ1v) is 7.32. The predicted molar refractivity (Wildman–Crippen MR) is 80.0 cm³/mol. The minimum absolute atomic E-state index is 0.324. The van der Waals surface area contributed by atoms with Crippen molar-refractivity contribution in [3.8, 4) is 0 Å². The Kier molecular flexibility index (Phi) is 2.60. The van der Waals surface area contributed by atoms with Gasteiger partial charge in [0.15, 0.2) is 0 Å². The molecule has 0 radical (unpaired) electrons. The van der Waals surface area contributed by atoms with Crippen molar-refractivity contribution in [2.45, 2.75) is 53.0 Å². The number of hydrogen-bond acceptors (Lipinski definition) is 3. The van der Waals surface area contributed by atoms with Crippen molar-refractivity contribution in [1.82, 2.24) is 4.98 Å². The van der Waals surface area contributed by atoms with Crippen LogP contribution in [0, 0.1) is 23.7 Å². The molecule has 3 N–H and O–H groups in total. The van der Waals surface area contributed by atoms with Crippen LogP contribution in [0.15, 0.2) is 12.3 Å². The smallest absolute Gasteiger partial charge is 0.149 e. The Morgan fingerprint density at radius 2 is 2.11 bits per heavy atom. The van der Waals surface area contributed by atoms with E-state index in [0.29, 0.717) is 16.9 Å². The molecule has 3 atom stereocenters. The maximum absolute atomic E-state index is 6.17. The van der Waals surface area contributed by atoms with Gasteiger partial charge in [0, 0.05) is 12.2 Å². The first-order chi connectivity index (χ1) is 8.84. The molecule has 1 aromatic rings. The Hall–Kier alpha value is -1.25. The second-order valence-corrected chi connectivity index (χ2v) is 7.38. The minimum atomic E-state index is 0.324. The lowest BCUT2D eigenvalue weighted by molar-refractivity contribution is 0.155. The highest BCUT2D eigenvalue weighted by atomic mass is 15.1. The van der Waals surface area contributed by atoms with Gasteiger partial charge in [0.1, 0.15) is 5.82 Å². The number of nitrogens with one attached hydrogen (secondary N) is 1. The van der Waals surface area contributed by atoms with E-state index in [2.05, 4.69) is 31.1 Å². The fraction of sp³-hybridized carbons (Fsp3) is 0.688. The number of nitrogens with zero attached hydrogens (tertiary/aromatic N) is 1. The maximum Gasteiger partial charge on any atom is 0.149 e. The van der Waals surface area contributed by atoms with Crippen LogP contribution in [0.4, 0.5) is 11.5 Å². The quantitative estimate of drug-likeness (QED) is 0.853. The van der Waals surface area contributed by atoms with Crippen molar-refractivity contribution in [3.05, 3.63) is 17.8 Å². The van der Waals surface area contributed by atoms with Crippen molar-refractivity contribution in [1.29, 1.82) is 0 Å². The SMILES string of the molecule is Cc1ccnc(NC2C3(C)CCC(C3)C2(C)C)c1N. The van der Waals surface area contributed by atoms with E-state index in [4.69, 9.17) is 5.73 Å². The third-order valence-corrected chi connectivity index (χ3v) is 5.76. The monoisotopic (exact) mass is 259 g/mol. The lowest BCUT2D eigenvalue weighted by Crippen LogP contribution is -2.46. The number of aryl methyl sites for hydroxylation is 1. The summed E-state index contributed by atoms with van der Waals surface area (Å²) in [7, 11) is 0. The van der Waals surface area contributed by atoms with Gasteiger partial charge in [-0.3, -0.25) is 0 Å². The second kappa shape index (κ2) is 3.87. The van der Waals surface area contributed by atoms with Gasteiger partial charge in [-0.25, -0.2) is 4.98 Å². The van der Waals surface area contributed by atoms with E-state index in [-0.39, 0.29) is 0 Å². The van der Waals surface area contributed by atoms with Gasteiger partial charge in [-0.2, -0.15) is 0 Å². The van der Waals surface area contributed by atoms with Crippen LogP contribution in [0.3, 0.4) is 0 Å². The second-order valence-electron chi connectivity index (χ2n) is 7.38. The van der Waals surface area contributed by atoms with Crippen LogP contribution < -0.4 is 11.1 Å². The number of pyridine rings is 1. The lowest BCUT2D eigenvalue weighted by Gasteiger charge is -2.43.